The van der Waals surface area contributed by atoms with Crippen LogP contribution in [-0.4, -0.2) is 56.0 Å². The molecular formula is C12H24NO3+. The van der Waals surface area contributed by atoms with E-state index in [1.165, 1.54) is 0 Å². The lowest BCUT2D eigenvalue weighted by molar-refractivity contribution is -0.873. The highest BCUT2D eigenvalue weighted by Gasteiger charge is 2.21. The first-order valence-electron chi connectivity index (χ1n) is 5.55. The van der Waals surface area contributed by atoms with Crippen molar-refractivity contribution in [2.75, 3.05) is 34.3 Å². The molecule has 1 atom stereocenters. The van der Waals surface area contributed by atoms with Gasteiger partial charge in [-0.3, -0.25) is 4.79 Å². The van der Waals surface area contributed by atoms with Gasteiger partial charge in [0.25, 0.3) is 0 Å². The molecule has 0 amide bonds. The van der Waals surface area contributed by atoms with E-state index in [9.17, 15) is 4.79 Å². The number of hydrogen-bond donors (Lipinski definition) is 1. The number of rotatable bonds is 8. The zero-order chi connectivity index (χ0) is 12.8. The standard InChI is InChI=1S/C12H23NO3/c1-6-10(2)9-16-11(7-12(14)15)8-13(3,4)5/h11H,2,6-9H2,1,3-5H3/p+1. The molecule has 0 fully saturated rings. The Morgan fingerprint density at radius 3 is 2.38 bits per heavy atom. The van der Waals surface area contributed by atoms with Gasteiger partial charge in [0.2, 0.25) is 0 Å². The molecule has 0 bridgehead atoms. The fraction of sp³-hybridized carbons (Fsp3) is 0.750. The summed E-state index contributed by atoms with van der Waals surface area (Å²) in [6.07, 6.45) is 0.664. The smallest absolute Gasteiger partial charge is 0.306 e. The molecule has 1 N–H and O–H groups in total. The van der Waals surface area contributed by atoms with Crippen LogP contribution in [0.1, 0.15) is 19.8 Å². The highest BCUT2D eigenvalue weighted by Crippen LogP contribution is 2.07. The van der Waals surface area contributed by atoms with Crippen LogP contribution in [0, 0.1) is 0 Å². The third kappa shape index (κ3) is 8.44. The van der Waals surface area contributed by atoms with Crippen molar-refractivity contribution in [3.05, 3.63) is 12.2 Å². The molecule has 1 unspecified atom stereocenters. The average molecular weight is 230 g/mol. The molecule has 0 aromatic rings. The van der Waals surface area contributed by atoms with Crippen molar-refractivity contribution in [2.45, 2.75) is 25.9 Å². The minimum absolute atomic E-state index is 0.0481. The van der Waals surface area contributed by atoms with Crippen LogP contribution in [0.3, 0.4) is 0 Å². The quantitative estimate of drug-likeness (QED) is 0.508. The van der Waals surface area contributed by atoms with Crippen LogP contribution in [-0.2, 0) is 9.53 Å². The van der Waals surface area contributed by atoms with E-state index in [2.05, 4.69) is 6.58 Å². The van der Waals surface area contributed by atoms with E-state index in [-0.39, 0.29) is 12.5 Å². The monoisotopic (exact) mass is 230 g/mol. The number of carboxylic acids is 1. The number of hydrogen-bond acceptors (Lipinski definition) is 2. The molecular weight excluding hydrogens is 206 g/mol. The molecule has 0 aliphatic rings. The van der Waals surface area contributed by atoms with Crippen LogP contribution in [0.2, 0.25) is 0 Å². The van der Waals surface area contributed by atoms with Crippen molar-refractivity contribution in [3.63, 3.8) is 0 Å². The second-order valence-electron chi connectivity index (χ2n) is 5.11. The maximum absolute atomic E-state index is 10.7. The zero-order valence-electron chi connectivity index (χ0n) is 10.8. The first kappa shape index (κ1) is 15.1. The number of aliphatic carboxylic acids is 1. The van der Waals surface area contributed by atoms with E-state index < -0.39 is 5.97 Å². The number of likely N-dealkylation sites (N-methyl/N-ethyl adjacent to an activating group) is 1. The predicted molar refractivity (Wildman–Crippen MR) is 64.3 cm³/mol. The SMILES string of the molecule is C=C(CC)COC(CC(=O)O)C[N+](C)(C)C. The highest BCUT2D eigenvalue weighted by molar-refractivity contribution is 5.67. The molecule has 0 heterocycles. The third-order valence-corrected chi connectivity index (χ3v) is 2.18. The molecule has 0 saturated carbocycles. The topological polar surface area (TPSA) is 46.5 Å². The predicted octanol–water partition coefficient (Wildman–Crippen LogP) is 1.52. The number of carboxylic acid groups (broad SMARTS) is 1. The molecule has 0 radical (unpaired) electrons. The summed E-state index contributed by atoms with van der Waals surface area (Å²) in [6, 6.07) is 0. The van der Waals surface area contributed by atoms with Gasteiger partial charge in [0.15, 0.2) is 0 Å². The Balaban J connectivity index is 4.21. The Labute approximate surface area is 98.1 Å². The molecule has 0 aromatic heterocycles. The van der Waals surface area contributed by atoms with Crippen LogP contribution in [0.4, 0.5) is 0 Å². The maximum atomic E-state index is 10.7. The molecule has 94 valence electrons. The fourth-order valence-corrected chi connectivity index (χ4v) is 1.32. The van der Waals surface area contributed by atoms with Crippen LogP contribution < -0.4 is 0 Å². The van der Waals surface area contributed by atoms with Crippen molar-refractivity contribution >= 4 is 5.97 Å². The van der Waals surface area contributed by atoms with Crippen molar-refractivity contribution in [2.24, 2.45) is 0 Å². The number of carbonyl (C=O) groups is 1. The summed E-state index contributed by atoms with van der Waals surface area (Å²) in [5.74, 6) is -0.819. The molecule has 0 saturated heterocycles. The van der Waals surface area contributed by atoms with Crippen LogP contribution in [0.5, 0.6) is 0 Å². The lowest BCUT2D eigenvalue weighted by atomic mass is 10.2. The lowest BCUT2D eigenvalue weighted by Gasteiger charge is -2.28. The maximum Gasteiger partial charge on any atom is 0.306 e. The van der Waals surface area contributed by atoms with Crippen molar-refractivity contribution < 1.29 is 19.1 Å². The number of nitrogens with zero attached hydrogens (tertiary/aromatic N) is 1. The van der Waals surface area contributed by atoms with Gasteiger partial charge in [-0.05, 0) is 6.42 Å². The van der Waals surface area contributed by atoms with E-state index in [0.29, 0.717) is 17.6 Å². The Bertz CT molecular complexity index is 243. The molecule has 16 heavy (non-hydrogen) atoms. The van der Waals surface area contributed by atoms with Crippen molar-refractivity contribution in [1.82, 2.24) is 0 Å². The van der Waals surface area contributed by atoms with E-state index in [1.54, 1.807) is 0 Å². The first-order chi connectivity index (χ1) is 7.24. The number of quaternary nitrogens is 1. The Hall–Kier alpha value is -0.870. The van der Waals surface area contributed by atoms with E-state index in [4.69, 9.17) is 9.84 Å². The molecule has 4 heteroatoms. The molecule has 4 nitrogen and oxygen atoms in total. The summed E-state index contributed by atoms with van der Waals surface area (Å²) in [4.78, 5) is 10.7. The van der Waals surface area contributed by atoms with Gasteiger partial charge in [-0.2, -0.15) is 0 Å². The summed E-state index contributed by atoms with van der Waals surface area (Å²) >= 11 is 0. The summed E-state index contributed by atoms with van der Waals surface area (Å²) in [5.41, 5.74) is 0.997. The second-order valence-corrected chi connectivity index (χ2v) is 5.11. The Morgan fingerprint density at radius 1 is 1.44 bits per heavy atom. The van der Waals surface area contributed by atoms with Gasteiger partial charge in [-0.1, -0.05) is 19.1 Å². The van der Waals surface area contributed by atoms with Crippen LogP contribution in [0.15, 0.2) is 12.2 Å². The molecule has 0 rings (SSSR count). The molecule has 0 aliphatic heterocycles. The van der Waals surface area contributed by atoms with Gasteiger partial charge in [-0.15, -0.1) is 0 Å². The molecule has 0 spiro atoms. The second kappa shape index (κ2) is 6.66. The van der Waals surface area contributed by atoms with E-state index in [0.717, 1.165) is 12.0 Å². The highest BCUT2D eigenvalue weighted by atomic mass is 16.5. The minimum atomic E-state index is -0.819. The Kier molecular flexibility index (Phi) is 6.29. The summed E-state index contributed by atoms with van der Waals surface area (Å²) in [7, 11) is 6.06. The van der Waals surface area contributed by atoms with Crippen molar-refractivity contribution in [1.29, 1.82) is 0 Å². The summed E-state index contributed by atoms with van der Waals surface area (Å²) in [6.45, 7) is 6.99. The molecule has 0 aromatic carbocycles. The van der Waals surface area contributed by atoms with Gasteiger partial charge in [0, 0.05) is 0 Å². The van der Waals surface area contributed by atoms with Gasteiger partial charge in [0.1, 0.15) is 12.6 Å². The summed E-state index contributed by atoms with van der Waals surface area (Å²) < 4.78 is 6.28. The first-order valence-corrected chi connectivity index (χ1v) is 5.55. The lowest BCUT2D eigenvalue weighted by Crippen LogP contribution is -2.43. The van der Waals surface area contributed by atoms with E-state index in [1.807, 2.05) is 28.1 Å². The Morgan fingerprint density at radius 2 is 2.00 bits per heavy atom. The summed E-state index contributed by atoms with van der Waals surface area (Å²) in [5, 5.41) is 8.79. The normalized spacial score (nSPS) is 13.5. The van der Waals surface area contributed by atoms with E-state index >= 15 is 0 Å². The van der Waals surface area contributed by atoms with Gasteiger partial charge < -0.3 is 14.3 Å². The molecule has 0 aliphatic carbocycles. The third-order valence-electron chi connectivity index (χ3n) is 2.18. The largest absolute Gasteiger partial charge is 0.481 e. The minimum Gasteiger partial charge on any atom is -0.481 e. The zero-order valence-corrected chi connectivity index (χ0v) is 10.8. The van der Waals surface area contributed by atoms with Gasteiger partial charge in [0.05, 0.1) is 34.2 Å². The van der Waals surface area contributed by atoms with Crippen molar-refractivity contribution in [3.8, 4) is 0 Å². The average Bonchev–Trinajstić information content (AvgIpc) is 2.10. The van der Waals surface area contributed by atoms with Gasteiger partial charge >= 0.3 is 5.97 Å². The fourth-order valence-electron chi connectivity index (χ4n) is 1.32. The van der Waals surface area contributed by atoms with Crippen LogP contribution in [0.25, 0.3) is 0 Å². The van der Waals surface area contributed by atoms with Gasteiger partial charge in [-0.25, -0.2) is 0 Å². The van der Waals surface area contributed by atoms with Crippen LogP contribution >= 0.6 is 0 Å². The number of ether oxygens (including phenoxy) is 1.